The minimum absolute atomic E-state index is 0.985. The van der Waals surface area contributed by atoms with Crippen molar-refractivity contribution in [2.45, 2.75) is 13.8 Å². The molecule has 1 fully saturated rings. The van der Waals surface area contributed by atoms with Crippen molar-refractivity contribution >= 4 is 0 Å². The van der Waals surface area contributed by atoms with Crippen LogP contribution in [-0.4, -0.2) is 24.5 Å². The highest BCUT2D eigenvalue weighted by molar-refractivity contribution is 5.22. The Labute approximate surface area is 68.1 Å². The molecule has 0 saturated carbocycles. The van der Waals surface area contributed by atoms with Crippen LogP contribution in [0.1, 0.15) is 13.8 Å². The van der Waals surface area contributed by atoms with Crippen LogP contribution in [0.2, 0.25) is 0 Å². The zero-order valence-corrected chi connectivity index (χ0v) is 7.09. The molecule has 0 amide bonds. The van der Waals surface area contributed by atoms with E-state index in [1.807, 2.05) is 6.07 Å². The Morgan fingerprint density at radius 3 is 2.73 bits per heavy atom. The molecule has 0 aromatic heterocycles. The van der Waals surface area contributed by atoms with E-state index in [1.165, 1.54) is 11.5 Å². The van der Waals surface area contributed by atoms with Crippen LogP contribution in [0.3, 0.4) is 0 Å². The lowest BCUT2D eigenvalue weighted by Gasteiger charge is -2.34. The molecule has 1 rings (SSSR count). The summed E-state index contributed by atoms with van der Waals surface area (Å²) in [6, 6.07) is 2.05. The van der Waals surface area contributed by atoms with Crippen LogP contribution in [0, 0.1) is 17.2 Å². The smallest absolute Gasteiger partial charge is 0.0912 e. The van der Waals surface area contributed by atoms with Crippen LogP contribution in [-0.2, 0) is 0 Å². The average molecular weight is 149 g/mol. The zero-order valence-electron chi connectivity index (χ0n) is 7.09. The van der Waals surface area contributed by atoms with Gasteiger partial charge in [0, 0.05) is 25.7 Å². The van der Waals surface area contributed by atoms with Gasteiger partial charge in [0.25, 0.3) is 0 Å². The van der Waals surface area contributed by atoms with Gasteiger partial charge >= 0.3 is 0 Å². The molecule has 0 aliphatic carbocycles. The van der Waals surface area contributed by atoms with Crippen molar-refractivity contribution in [3.8, 4) is 6.07 Å². The normalized spacial score (nSPS) is 17.8. The van der Waals surface area contributed by atoms with Gasteiger partial charge < -0.3 is 0 Å². The Morgan fingerprint density at radius 2 is 2.27 bits per heavy atom. The second-order valence-electron chi connectivity index (χ2n) is 3.28. The first-order valence-corrected chi connectivity index (χ1v) is 3.81. The summed E-state index contributed by atoms with van der Waals surface area (Å²) in [7, 11) is 0. The fourth-order valence-corrected chi connectivity index (χ4v) is 1.27. The molecule has 59 valence electrons. The third-order valence-corrected chi connectivity index (χ3v) is 1.66. The Hall–Kier alpha value is -0.810. The van der Waals surface area contributed by atoms with Gasteiger partial charge in [-0.1, -0.05) is 13.8 Å². The summed E-state index contributed by atoms with van der Waals surface area (Å²) in [5.74, 6) is 1.43. The summed E-state index contributed by atoms with van der Waals surface area (Å²) in [6.45, 7) is 7.30. The topological polar surface area (TPSA) is 27.0 Å². The molecule has 0 aromatic carbocycles. The van der Waals surface area contributed by atoms with E-state index >= 15 is 0 Å². The van der Waals surface area contributed by atoms with Crippen LogP contribution in [0.25, 0.3) is 0 Å². The Bertz CT molecular complexity index is 190. The lowest BCUT2D eigenvalue weighted by Crippen LogP contribution is -2.41. The van der Waals surface area contributed by atoms with Crippen molar-refractivity contribution in [2.24, 2.45) is 0 Å². The largest absolute Gasteiger partial charge is 0.295 e. The molecule has 1 saturated heterocycles. The molecule has 1 aliphatic heterocycles. The number of hydrogen-bond donors (Lipinski definition) is 0. The first-order chi connectivity index (χ1) is 5.22. The highest BCUT2D eigenvalue weighted by Gasteiger charge is 2.19. The van der Waals surface area contributed by atoms with Crippen LogP contribution in [0.15, 0.2) is 11.6 Å². The van der Waals surface area contributed by atoms with E-state index in [2.05, 4.69) is 18.7 Å². The fourth-order valence-electron chi connectivity index (χ4n) is 1.27. The van der Waals surface area contributed by atoms with Crippen molar-refractivity contribution in [1.29, 1.82) is 5.26 Å². The minimum Gasteiger partial charge on any atom is -0.295 e. The second kappa shape index (κ2) is 3.54. The first-order valence-electron chi connectivity index (χ1n) is 3.81. The molecule has 2 heteroatoms. The van der Waals surface area contributed by atoms with E-state index in [0.29, 0.717) is 0 Å². The molecule has 11 heavy (non-hydrogen) atoms. The summed E-state index contributed by atoms with van der Waals surface area (Å²) < 4.78 is 0. The summed E-state index contributed by atoms with van der Waals surface area (Å²) in [6.07, 6.45) is 1.65. The predicted molar refractivity (Wildman–Crippen MR) is 44.7 cm³/mol. The molecule has 0 N–H and O–H groups in total. The van der Waals surface area contributed by atoms with Gasteiger partial charge in [0.1, 0.15) is 0 Å². The highest BCUT2D eigenvalue weighted by atomic mass is 15.2. The lowest BCUT2D eigenvalue weighted by molar-refractivity contribution is 0.260. The quantitative estimate of drug-likeness (QED) is 0.554. The monoisotopic (exact) mass is 149 g/mol. The maximum absolute atomic E-state index is 8.32. The van der Waals surface area contributed by atoms with Crippen LogP contribution < -0.4 is 0 Å². The molecule has 0 atom stereocenters. The minimum atomic E-state index is 0.985. The van der Waals surface area contributed by atoms with E-state index in [4.69, 9.17) is 5.26 Å². The Kier molecular flexibility index (Phi) is 2.67. The maximum Gasteiger partial charge on any atom is 0.0912 e. The van der Waals surface area contributed by atoms with E-state index in [9.17, 15) is 0 Å². The van der Waals surface area contributed by atoms with Gasteiger partial charge in [-0.05, 0) is 11.5 Å². The van der Waals surface area contributed by atoms with Crippen molar-refractivity contribution < 1.29 is 0 Å². The van der Waals surface area contributed by atoms with E-state index in [1.54, 1.807) is 6.08 Å². The lowest BCUT2D eigenvalue weighted by atomic mass is 10.1. The number of allylic oxidation sites excluding steroid dienone is 1. The van der Waals surface area contributed by atoms with Gasteiger partial charge in [-0.15, -0.1) is 0 Å². The molecule has 0 aromatic rings. The number of nitrogens with zero attached hydrogens (tertiary/aromatic N) is 2. The van der Waals surface area contributed by atoms with Crippen molar-refractivity contribution in [2.75, 3.05) is 19.6 Å². The van der Waals surface area contributed by atoms with Crippen molar-refractivity contribution in [3.63, 3.8) is 0 Å². The van der Waals surface area contributed by atoms with Gasteiger partial charge in [-0.25, -0.2) is 0 Å². The van der Waals surface area contributed by atoms with Gasteiger partial charge in [0.2, 0.25) is 0 Å². The fraction of sp³-hybridized carbons (Fsp3) is 0.556. The standard InChI is InChI=1S/C9H13N2/c1-8(2)5-11-6-9(7-11)3-4-10/h3H,5-7H2,1-2H3. The molecule has 1 radical (unpaired) electrons. The Morgan fingerprint density at radius 1 is 1.64 bits per heavy atom. The van der Waals surface area contributed by atoms with E-state index in [0.717, 1.165) is 19.6 Å². The molecular formula is C9H13N2. The average Bonchev–Trinajstić information content (AvgIpc) is 1.82. The van der Waals surface area contributed by atoms with Crippen LogP contribution in [0.4, 0.5) is 0 Å². The van der Waals surface area contributed by atoms with Crippen molar-refractivity contribution in [3.05, 3.63) is 17.6 Å². The molecule has 1 heterocycles. The molecule has 2 nitrogen and oxygen atoms in total. The SMILES string of the molecule is C[C](C)CN1CC(=CC#N)C1. The van der Waals surface area contributed by atoms with E-state index in [-0.39, 0.29) is 0 Å². The van der Waals surface area contributed by atoms with Gasteiger partial charge in [0.05, 0.1) is 6.07 Å². The maximum atomic E-state index is 8.32. The van der Waals surface area contributed by atoms with Gasteiger partial charge in [-0.3, -0.25) is 4.90 Å². The summed E-state index contributed by atoms with van der Waals surface area (Å²) in [5, 5.41) is 8.32. The molecule has 1 aliphatic rings. The number of nitriles is 1. The van der Waals surface area contributed by atoms with Gasteiger partial charge in [-0.2, -0.15) is 5.26 Å². The molecule has 0 bridgehead atoms. The highest BCUT2D eigenvalue weighted by Crippen LogP contribution is 2.15. The number of rotatable bonds is 2. The molecule has 0 unspecified atom stereocenters. The van der Waals surface area contributed by atoms with Gasteiger partial charge in [0.15, 0.2) is 0 Å². The number of hydrogen-bond acceptors (Lipinski definition) is 2. The third kappa shape index (κ3) is 2.36. The van der Waals surface area contributed by atoms with Crippen LogP contribution >= 0.6 is 0 Å². The zero-order chi connectivity index (χ0) is 8.27. The molecular weight excluding hydrogens is 136 g/mol. The summed E-state index contributed by atoms with van der Waals surface area (Å²) in [5.41, 5.74) is 1.26. The summed E-state index contributed by atoms with van der Waals surface area (Å²) in [4.78, 5) is 2.32. The summed E-state index contributed by atoms with van der Waals surface area (Å²) >= 11 is 0. The second-order valence-corrected chi connectivity index (χ2v) is 3.28. The number of likely N-dealkylation sites (tertiary alicyclic amines) is 1. The van der Waals surface area contributed by atoms with E-state index < -0.39 is 0 Å². The first kappa shape index (κ1) is 8.29. The molecule has 0 spiro atoms. The predicted octanol–water partition coefficient (Wildman–Crippen LogP) is 1.37. The Balaban J connectivity index is 2.20. The third-order valence-electron chi connectivity index (χ3n) is 1.66. The van der Waals surface area contributed by atoms with Crippen LogP contribution in [0.5, 0.6) is 0 Å². The van der Waals surface area contributed by atoms with Crippen molar-refractivity contribution in [1.82, 2.24) is 4.90 Å².